The van der Waals surface area contributed by atoms with Crippen LogP contribution < -0.4 is 4.73 Å². The van der Waals surface area contributed by atoms with E-state index in [0.717, 1.165) is 10.3 Å². The molecule has 212 valence electrons. The quantitative estimate of drug-likeness (QED) is 0.160. The van der Waals surface area contributed by atoms with Gasteiger partial charge in [-0.2, -0.15) is 9.41 Å². The summed E-state index contributed by atoms with van der Waals surface area (Å²) in [4.78, 5) is 11.6. The van der Waals surface area contributed by atoms with Gasteiger partial charge in [-0.25, -0.2) is 9.18 Å². The Labute approximate surface area is 250 Å². The minimum absolute atomic E-state index is 0.0965. The third-order valence-corrected chi connectivity index (χ3v) is 7.45. The van der Waals surface area contributed by atoms with Crippen molar-refractivity contribution in [1.82, 2.24) is 20.2 Å². The third kappa shape index (κ3) is 5.98. The van der Waals surface area contributed by atoms with E-state index in [1.807, 2.05) is 36.4 Å². The molecule has 0 saturated carbocycles. The molecular weight excluding hydrogens is 569 g/mol. The Kier molecular flexibility index (Phi) is 7.63. The maximum absolute atomic E-state index is 15.2. The summed E-state index contributed by atoms with van der Waals surface area (Å²) >= 11 is 6.31. The van der Waals surface area contributed by atoms with E-state index in [-0.39, 0.29) is 5.56 Å². The number of halogens is 2. The highest BCUT2D eigenvalue weighted by Crippen LogP contribution is 2.34. The molecule has 10 heteroatoms. The van der Waals surface area contributed by atoms with E-state index >= 15 is 4.39 Å². The first kappa shape index (κ1) is 27.7. The zero-order valence-electron chi connectivity index (χ0n) is 22.5. The molecule has 0 bridgehead atoms. The summed E-state index contributed by atoms with van der Waals surface area (Å²) in [6.45, 7) is 0. The van der Waals surface area contributed by atoms with E-state index in [2.05, 4.69) is 15.5 Å². The molecule has 2 aromatic heterocycles. The lowest BCUT2D eigenvalue weighted by molar-refractivity contribution is -0.614. The number of aromatic nitrogens is 5. The SMILES string of the molecule is O=C(O)c1cccc(-c2cc(F)cc(C(Cc3ccccc3)c3ccc(-c4cc(Cl)ccc4-n4cnnn4)c[n+]3[O-])c2)c1. The molecule has 1 unspecified atom stereocenters. The second-order valence-electron chi connectivity index (χ2n) is 9.99. The first-order chi connectivity index (χ1) is 20.9. The van der Waals surface area contributed by atoms with Gasteiger partial charge < -0.3 is 10.3 Å². The van der Waals surface area contributed by atoms with Crippen LogP contribution in [0.4, 0.5) is 4.39 Å². The number of rotatable bonds is 8. The number of carbonyl (C=O) groups is 1. The Morgan fingerprint density at radius 3 is 2.51 bits per heavy atom. The highest BCUT2D eigenvalue weighted by molar-refractivity contribution is 6.31. The molecule has 0 amide bonds. The zero-order chi connectivity index (χ0) is 29.9. The number of nitrogens with zero attached hydrogens (tertiary/aromatic N) is 5. The van der Waals surface area contributed by atoms with Crippen LogP contribution in [0.3, 0.4) is 0 Å². The standard InChI is InChI=1S/C33H23ClFN5O3/c34-27-10-12-31(39-20-36-37-38-39)30(18-27)24-9-11-32(40(43)19-24)29(13-21-5-2-1-3-6-21)26-15-25(16-28(35)17-26)22-7-4-8-23(14-22)33(41)42/h1-12,14-20,29H,13H2,(H,41,42). The molecule has 43 heavy (non-hydrogen) atoms. The van der Waals surface area contributed by atoms with E-state index in [4.69, 9.17) is 11.6 Å². The maximum atomic E-state index is 15.2. The fourth-order valence-corrected chi connectivity index (χ4v) is 5.36. The van der Waals surface area contributed by atoms with Crippen molar-refractivity contribution < 1.29 is 19.0 Å². The molecule has 0 aliphatic rings. The van der Waals surface area contributed by atoms with Crippen molar-refractivity contribution in [3.8, 4) is 27.9 Å². The minimum atomic E-state index is -1.07. The molecule has 8 nitrogen and oxygen atoms in total. The van der Waals surface area contributed by atoms with Gasteiger partial charge in [-0.3, -0.25) is 0 Å². The second-order valence-corrected chi connectivity index (χ2v) is 10.4. The van der Waals surface area contributed by atoms with Crippen LogP contribution in [0.5, 0.6) is 0 Å². The maximum Gasteiger partial charge on any atom is 0.335 e. The van der Waals surface area contributed by atoms with Crippen molar-refractivity contribution >= 4 is 17.6 Å². The van der Waals surface area contributed by atoms with Crippen LogP contribution in [0, 0.1) is 11.0 Å². The van der Waals surface area contributed by atoms with Crippen LogP contribution >= 0.6 is 11.6 Å². The van der Waals surface area contributed by atoms with Gasteiger partial charge in [-0.1, -0.05) is 60.1 Å². The van der Waals surface area contributed by atoms with Crippen molar-refractivity contribution in [3.05, 3.63) is 154 Å². The number of benzene rings is 4. The monoisotopic (exact) mass is 591 g/mol. The summed E-state index contributed by atoms with van der Waals surface area (Å²) < 4.78 is 17.4. The predicted molar refractivity (Wildman–Crippen MR) is 159 cm³/mol. The fourth-order valence-electron chi connectivity index (χ4n) is 5.19. The van der Waals surface area contributed by atoms with Crippen molar-refractivity contribution in [2.75, 3.05) is 0 Å². The van der Waals surface area contributed by atoms with Crippen LogP contribution in [0.1, 0.15) is 33.1 Å². The summed E-state index contributed by atoms with van der Waals surface area (Å²) in [6, 6.07) is 29.3. The largest absolute Gasteiger partial charge is 0.618 e. The fraction of sp³-hybridized carbons (Fsp3) is 0.0606. The highest BCUT2D eigenvalue weighted by atomic mass is 35.5. The Morgan fingerprint density at radius 1 is 0.930 bits per heavy atom. The number of tetrazole rings is 1. The van der Waals surface area contributed by atoms with Crippen LogP contribution in [-0.2, 0) is 6.42 Å². The predicted octanol–water partition coefficient (Wildman–Crippen LogP) is 6.50. The number of aromatic carboxylic acids is 1. The minimum Gasteiger partial charge on any atom is -0.618 e. The smallest absolute Gasteiger partial charge is 0.335 e. The van der Waals surface area contributed by atoms with Gasteiger partial charge in [0, 0.05) is 22.2 Å². The Hall–Kier alpha value is -5.41. The highest BCUT2D eigenvalue weighted by Gasteiger charge is 2.25. The normalized spacial score (nSPS) is 11.8. The molecule has 6 rings (SSSR count). The molecule has 0 spiro atoms. The summed E-state index contributed by atoms with van der Waals surface area (Å²) in [7, 11) is 0. The van der Waals surface area contributed by atoms with E-state index < -0.39 is 17.7 Å². The molecule has 1 N–H and O–H groups in total. The Bertz CT molecular complexity index is 1930. The number of pyridine rings is 1. The van der Waals surface area contributed by atoms with Crippen LogP contribution in [0.2, 0.25) is 5.02 Å². The van der Waals surface area contributed by atoms with Crippen molar-refractivity contribution in [2.24, 2.45) is 0 Å². The lowest BCUT2D eigenvalue weighted by Crippen LogP contribution is -2.34. The van der Waals surface area contributed by atoms with Crippen molar-refractivity contribution in [3.63, 3.8) is 0 Å². The lowest BCUT2D eigenvalue weighted by Gasteiger charge is -2.19. The van der Waals surface area contributed by atoms with E-state index in [1.54, 1.807) is 42.5 Å². The number of carboxylic acid groups (broad SMARTS) is 1. The number of carboxylic acids is 1. The lowest BCUT2D eigenvalue weighted by atomic mass is 9.86. The summed E-state index contributed by atoms with van der Waals surface area (Å²) in [5, 5.41) is 35.1. The Morgan fingerprint density at radius 2 is 1.77 bits per heavy atom. The first-order valence-electron chi connectivity index (χ1n) is 13.3. The summed E-state index contributed by atoms with van der Waals surface area (Å²) in [6.07, 6.45) is 3.34. The van der Waals surface area contributed by atoms with Crippen molar-refractivity contribution in [1.29, 1.82) is 0 Å². The second kappa shape index (κ2) is 11.8. The van der Waals surface area contributed by atoms with E-state index in [1.165, 1.54) is 41.5 Å². The third-order valence-electron chi connectivity index (χ3n) is 7.21. The Balaban J connectivity index is 1.46. The van der Waals surface area contributed by atoms with Gasteiger partial charge in [0.05, 0.1) is 17.2 Å². The molecule has 0 aliphatic carbocycles. The van der Waals surface area contributed by atoms with Gasteiger partial charge in [0.15, 0.2) is 6.20 Å². The van der Waals surface area contributed by atoms with Gasteiger partial charge in [0.2, 0.25) is 5.69 Å². The number of hydrogen-bond donors (Lipinski definition) is 1. The molecule has 0 aliphatic heterocycles. The van der Waals surface area contributed by atoms with Crippen molar-refractivity contribution in [2.45, 2.75) is 12.3 Å². The van der Waals surface area contributed by atoms with Crippen LogP contribution in [-0.4, -0.2) is 31.3 Å². The number of hydrogen-bond acceptors (Lipinski definition) is 5. The van der Waals surface area contributed by atoms with Gasteiger partial charge in [-0.15, -0.1) is 5.10 Å². The molecule has 4 aromatic carbocycles. The molecule has 0 fully saturated rings. The average Bonchev–Trinajstić information content (AvgIpc) is 3.55. The summed E-state index contributed by atoms with van der Waals surface area (Å²) in [5.74, 6) is -2.09. The zero-order valence-corrected chi connectivity index (χ0v) is 23.3. The molecule has 2 heterocycles. The van der Waals surface area contributed by atoms with E-state index in [0.29, 0.717) is 50.6 Å². The topological polar surface area (TPSA) is 108 Å². The molecule has 6 aromatic rings. The van der Waals surface area contributed by atoms with Gasteiger partial charge in [0.1, 0.15) is 12.1 Å². The molecule has 1 atom stereocenters. The average molecular weight is 592 g/mol. The molecule has 0 saturated heterocycles. The summed E-state index contributed by atoms with van der Waals surface area (Å²) in [5.41, 5.74) is 5.00. The van der Waals surface area contributed by atoms with E-state index in [9.17, 15) is 15.1 Å². The molecule has 0 radical (unpaired) electrons. The van der Waals surface area contributed by atoms with Crippen LogP contribution in [0.25, 0.3) is 27.9 Å². The molecular formula is C33H23ClFN5O3. The van der Waals surface area contributed by atoms with Crippen LogP contribution in [0.15, 0.2) is 116 Å². The van der Waals surface area contributed by atoms with Gasteiger partial charge >= 0.3 is 5.97 Å². The first-order valence-corrected chi connectivity index (χ1v) is 13.7. The van der Waals surface area contributed by atoms with Gasteiger partial charge in [-0.05, 0) is 87.6 Å². The van der Waals surface area contributed by atoms with Gasteiger partial charge in [0.25, 0.3) is 0 Å².